The Labute approximate surface area is 145 Å². The summed E-state index contributed by atoms with van der Waals surface area (Å²) in [4.78, 5) is 16.8. The maximum absolute atomic E-state index is 12.5. The summed E-state index contributed by atoms with van der Waals surface area (Å²) in [6.07, 6.45) is 5.37. The maximum Gasteiger partial charge on any atom is 0.268 e. The normalized spacial score (nSPS) is 19.8. The fourth-order valence-corrected chi connectivity index (χ4v) is 3.82. The molecule has 0 bridgehead atoms. The van der Waals surface area contributed by atoms with E-state index in [-0.39, 0.29) is 11.8 Å². The van der Waals surface area contributed by atoms with Gasteiger partial charge in [0.05, 0.1) is 17.1 Å². The van der Waals surface area contributed by atoms with Gasteiger partial charge in [-0.1, -0.05) is 0 Å². The molecule has 0 radical (unpaired) electrons. The number of aromatic nitrogens is 1. The van der Waals surface area contributed by atoms with Crippen LogP contribution in [0.1, 0.15) is 45.9 Å². The second-order valence-electron chi connectivity index (χ2n) is 6.56. The molecule has 0 aliphatic carbocycles. The predicted molar refractivity (Wildman–Crippen MR) is 96.5 cm³/mol. The van der Waals surface area contributed by atoms with Crippen molar-refractivity contribution in [1.29, 1.82) is 5.26 Å². The van der Waals surface area contributed by atoms with Gasteiger partial charge in [0.15, 0.2) is 0 Å². The van der Waals surface area contributed by atoms with Crippen LogP contribution in [0.3, 0.4) is 0 Å². The Balaban J connectivity index is 2.02. The highest BCUT2D eigenvalue weighted by Crippen LogP contribution is 2.36. The zero-order chi connectivity index (χ0) is 17.6. The van der Waals surface area contributed by atoms with E-state index in [0.29, 0.717) is 23.6 Å². The molecule has 1 unspecified atom stereocenters. The molecule has 6 heteroatoms. The number of nitrogens with zero attached hydrogens (tertiary/aromatic N) is 3. The molecule has 3 heterocycles. The van der Waals surface area contributed by atoms with Crippen LogP contribution in [0.15, 0.2) is 29.0 Å². The number of aryl methyl sites for hydroxylation is 2. The van der Waals surface area contributed by atoms with Crippen LogP contribution < -0.4 is 11.1 Å². The highest BCUT2D eigenvalue weighted by molar-refractivity contribution is 6.03. The lowest BCUT2D eigenvalue weighted by Crippen LogP contribution is -2.23. The third kappa shape index (κ3) is 2.40. The lowest BCUT2D eigenvalue weighted by molar-refractivity contribution is 0.0951. The lowest BCUT2D eigenvalue weighted by Gasteiger charge is -2.18. The minimum absolute atomic E-state index is 0.0443. The lowest BCUT2D eigenvalue weighted by atomic mass is 9.91. The predicted octanol–water partition coefficient (Wildman–Crippen LogP) is 2.31. The minimum Gasteiger partial charge on any atom is -0.384 e. The van der Waals surface area contributed by atoms with Crippen molar-refractivity contribution in [3.63, 3.8) is 0 Å². The number of carbonyl (C=O) groups excluding carboxylic acids is 1. The Morgan fingerprint density at radius 2 is 2.28 bits per heavy atom. The summed E-state index contributed by atoms with van der Waals surface area (Å²) in [5.74, 6) is 0.526. The number of allylic oxidation sites excluding steroid dienone is 1. The molecule has 3 N–H and O–H groups in total. The largest absolute Gasteiger partial charge is 0.384 e. The molecule has 4 rings (SSSR count). The van der Waals surface area contributed by atoms with Crippen LogP contribution in [0.2, 0.25) is 0 Å². The molecule has 1 atom stereocenters. The van der Waals surface area contributed by atoms with Crippen molar-refractivity contribution in [3.8, 4) is 6.07 Å². The van der Waals surface area contributed by atoms with Crippen molar-refractivity contribution in [1.82, 2.24) is 9.88 Å². The van der Waals surface area contributed by atoms with E-state index >= 15 is 0 Å². The molecule has 0 saturated carbocycles. The van der Waals surface area contributed by atoms with Crippen LogP contribution in [-0.2, 0) is 6.54 Å². The number of fused-ring (bicyclic) bond motifs is 3. The standard InChI is InChI=1S/C19H19N5O/c1-11-14-7-12(9-20)8-15(13-3-4-16(21)23-10-13)18(14)24-6-2-5-22-19(25)17(11)24/h4,7-8,10,13H,2-3,5-6,21H2,1H3,(H,22,25). The van der Waals surface area contributed by atoms with E-state index in [4.69, 9.17) is 5.73 Å². The quantitative estimate of drug-likeness (QED) is 0.838. The van der Waals surface area contributed by atoms with Gasteiger partial charge in [0.1, 0.15) is 11.5 Å². The van der Waals surface area contributed by atoms with Gasteiger partial charge in [-0.25, -0.2) is 4.99 Å². The Hall–Kier alpha value is -3.07. The summed E-state index contributed by atoms with van der Waals surface area (Å²) in [6, 6.07) is 6.05. The fraction of sp³-hybridized carbons (Fsp3) is 0.316. The van der Waals surface area contributed by atoms with Crippen molar-refractivity contribution in [2.24, 2.45) is 10.7 Å². The number of hydrogen-bond acceptors (Lipinski definition) is 4. The molecule has 6 nitrogen and oxygen atoms in total. The van der Waals surface area contributed by atoms with Gasteiger partial charge in [-0.3, -0.25) is 4.79 Å². The van der Waals surface area contributed by atoms with Gasteiger partial charge in [0, 0.05) is 30.6 Å². The molecule has 1 aromatic heterocycles. The molecule has 0 fully saturated rings. The molecule has 2 aromatic rings. The number of aliphatic imine (C=N–C) groups is 1. The van der Waals surface area contributed by atoms with Crippen molar-refractivity contribution in [3.05, 3.63) is 46.4 Å². The van der Waals surface area contributed by atoms with Crippen LogP contribution in [0, 0.1) is 18.3 Å². The molecular formula is C19H19N5O. The van der Waals surface area contributed by atoms with E-state index in [9.17, 15) is 10.1 Å². The number of hydrogen-bond donors (Lipinski definition) is 2. The van der Waals surface area contributed by atoms with Gasteiger partial charge in [-0.2, -0.15) is 5.26 Å². The summed E-state index contributed by atoms with van der Waals surface area (Å²) in [6.45, 7) is 3.41. The second-order valence-corrected chi connectivity index (χ2v) is 6.56. The molecule has 126 valence electrons. The summed E-state index contributed by atoms with van der Waals surface area (Å²) >= 11 is 0. The Morgan fingerprint density at radius 3 is 3.00 bits per heavy atom. The minimum atomic E-state index is -0.0443. The number of nitrogens with two attached hydrogens (primary N) is 1. The van der Waals surface area contributed by atoms with E-state index in [1.807, 2.05) is 31.3 Å². The van der Waals surface area contributed by atoms with Crippen molar-refractivity contribution >= 4 is 23.0 Å². The molecule has 0 saturated heterocycles. The van der Waals surface area contributed by atoms with Crippen molar-refractivity contribution in [2.45, 2.75) is 32.2 Å². The SMILES string of the molecule is Cc1c2n(c3c(C4C=NC(N)=CC4)cc(C#N)cc13)CCCNC2=O. The third-order valence-electron chi connectivity index (χ3n) is 5.01. The first kappa shape index (κ1) is 15.5. The summed E-state index contributed by atoms with van der Waals surface area (Å²) in [5, 5.41) is 13.4. The second kappa shape index (κ2) is 5.78. The van der Waals surface area contributed by atoms with E-state index in [1.54, 1.807) is 0 Å². The molecule has 0 spiro atoms. The van der Waals surface area contributed by atoms with Gasteiger partial charge in [0.25, 0.3) is 5.91 Å². The molecular weight excluding hydrogens is 314 g/mol. The fourth-order valence-electron chi connectivity index (χ4n) is 3.82. The van der Waals surface area contributed by atoms with Crippen molar-refractivity contribution in [2.75, 3.05) is 6.54 Å². The summed E-state index contributed by atoms with van der Waals surface area (Å²) < 4.78 is 2.11. The highest BCUT2D eigenvalue weighted by Gasteiger charge is 2.26. The van der Waals surface area contributed by atoms with Crippen LogP contribution in [-0.4, -0.2) is 23.2 Å². The number of rotatable bonds is 1. The Bertz CT molecular complexity index is 990. The first-order chi connectivity index (χ1) is 12.1. The molecule has 1 amide bonds. The van der Waals surface area contributed by atoms with Gasteiger partial charge in [-0.15, -0.1) is 0 Å². The van der Waals surface area contributed by atoms with Crippen LogP contribution >= 0.6 is 0 Å². The van der Waals surface area contributed by atoms with Gasteiger partial charge >= 0.3 is 0 Å². The van der Waals surface area contributed by atoms with Crippen LogP contribution in [0.5, 0.6) is 0 Å². The number of nitrogens with one attached hydrogen (secondary N) is 1. The number of nitriles is 1. The van der Waals surface area contributed by atoms with Gasteiger partial charge in [-0.05, 0) is 49.1 Å². The van der Waals surface area contributed by atoms with E-state index in [1.165, 1.54) is 0 Å². The van der Waals surface area contributed by atoms with E-state index in [2.05, 4.69) is 20.9 Å². The number of amides is 1. The summed E-state index contributed by atoms with van der Waals surface area (Å²) in [7, 11) is 0. The Morgan fingerprint density at radius 1 is 1.44 bits per heavy atom. The van der Waals surface area contributed by atoms with Crippen molar-refractivity contribution < 1.29 is 4.79 Å². The number of benzene rings is 1. The van der Waals surface area contributed by atoms with Crippen LogP contribution in [0.4, 0.5) is 0 Å². The maximum atomic E-state index is 12.5. The third-order valence-corrected chi connectivity index (χ3v) is 5.01. The average Bonchev–Trinajstić information content (AvgIpc) is 2.76. The first-order valence-electron chi connectivity index (χ1n) is 8.45. The van der Waals surface area contributed by atoms with Gasteiger partial charge in [0.2, 0.25) is 0 Å². The molecule has 2 aliphatic rings. The van der Waals surface area contributed by atoms with E-state index < -0.39 is 0 Å². The summed E-state index contributed by atoms with van der Waals surface area (Å²) in [5.41, 5.74) is 10.0. The monoisotopic (exact) mass is 333 g/mol. The first-order valence-corrected chi connectivity index (χ1v) is 8.45. The molecule has 25 heavy (non-hydrogen) atoms. The van der Waals surface area contributed by atoms with Crippen LogP contribution in [0.25, 0.3) is 10.9 Å². The molecule has 2 aliphatic heterocycles. The van der Waals surface area contributed by atoms with Gasteiger partial charge < -0.3 is 15.6 Å². The molecule has 1 aromatic carbocycles. The zero-order valence-electron chi connectivity index (χ0n) is 14.0. The van der Waals surface area contributed by atoms with E-state index in [0.717, 1.165) is 41.4 Å². The zero-order valence-corrected chi connectivity index (χ0v) is 14.0. The number of carbonyl (C=O) groups is 1. The Kier molecular flexibility index (Phi) is 3.57. The average molecular weight is 333 g/mol. The smallest absolute Gasteiger partial charge is 0.268 e. The highest BCUT2D eigenvalue weighted by atomic mass is 16.2. The topological polar surface area (TPSA) is 96.2 Å².